The molecule has 2 aromatic rings. The Labute approximate surface area is 175 Å². The second kappa shape index (κ2) is 9.29. The van der Waals surface area contributed by atoms with E-state index in [1.807, 2.05) is 18.4 Å². The van der Waals surface area contributed by atoms with Gasteiger partial charge in [0.05, 0.1) is 12.2 Å². The largest absolute Gasteiger partial charge is 0.343 e. The molecule has 0 atom stereocenters. The number of carbonyl (C=O) groups is 3. The van der Waals surface area contributed by atoms with Crippen LogP contribution in [0.5, 0.6) is 0 Å². The van der Waals surface area contributed by atoms with Gasteiger partial charge in [-0.3, -0.25) is 14.4 Å². The molecule has 3 amide bonds. The summed E-state index contributed by atoms with van der Waals surface area (Å²) in [6.07, 6.45) is 1.20. The molecule has 0 bridgehead atoms. The van der Waals surface area contributed by atoms with E-state index in [9.17, 15) is 14.4 Å². The first-order valence-corrected chi connectivity index (χ1v) is 10.6. The minimum Gasteiger partial charge on any atom is -0.343 e. The molecule has 0 spiro atoms. The molecule has 0 saturated carbocycles. The van der Waals surface area contributed by atoms with Crippen LogP contribution in [0.1, 0.15) is 28.9 Å². The second-order valence-electron chi connectivity index (χ2n) is 6.63. The van der Waals surface area contributed by atoms with Crippen LogP contribution in [0.4, 0.5) is 5.13 Å². The highest BCUT2D eigenvalue weighted by Gasteiger charge is 2.27. The molecule has 1 aromatic heterocycles. The molecule has 3 rings (SSSR count). The van der Waals surface area contributed by atoms with Gasteiger partial charge >= 0.3 is 0 Å². The zero-order valence-corrected chi connectivity index (χ0v) is 17.8. The maximum absolute atomic E-state index is 12.4. The highest BCUT2D eigenvalue weighted by Crippen LogP contribution is 2.21. The standard InChI is InChI=1S/C19H21BrN4O3S/c1-12-11-28-19(22-12)23-18(27)13-5-7-24(8-6-13)16(25)10-21-17(26)14-3-2-4-15(20)9-14/h2-4,9,11,13H,5-8,10H2,1H3,(H,21,26)(H,22,23,27). The molecular weight excluding hydrogens is 444 g/mol. The van der Waals surface area contributed by atoms with Crippen molar-refractivity contribution in [3.63, 3.8) is 0 Å². The minimum absolute atomic E-state index is 0.0515. The summed E-state index contributed by atoms with van der Waals surface area (Å²) in [5, 5.41) is 7.99. The summed E-state index contributed by atoms with van der Waals surface area (Å²) in [7, 11) is 0. The highest BCUT2D eigenvalue weighted by molar-refractivity contribution is 9.10. The van der Waals surface area contributed by atoms with Crippen LogP contribution in [0.15, 0.2) is 34.1 Å². The van der Waals surface area contributed by atoms with E-state index in [2.05, 4.69) is 31.5 Å². The number of aromatic nitrogens is 1. The smallest absolute Gasteiger partial charge is 0.251 e. The van der Waals surface area contributed by atoms with E-state index < -0.39 is 0 Å². The lowest BCUT2D eigenvalue weighted by Crippen LogP contribution is -2.45. The van der Waals surface area contributed by atoms with Crippen LogP contribution in [-0.2, 0) is 9.59 Å². The molecule has 2 N–H and O–H groups in total. The van der Waals surface area contributed by atoms with Gasteiger partial charge in [0.15, 0.2) is 5.13 Å². The molecule has 1 aliphatic heterocycles. The van der Waals surface area contributed by atoms with E-state index in [0.29, 0.717) is 36.6 Å². The van der Waals surface area contributed by atoms with Crippen molar-refractivity contribution >= 4 is 50.1 Å². The van der Waals surface area contributed by atoms with Crippen LogP contribution in [0.3, 0.4) is 0 Å². The van der Waals surface area contributed by atoms with Crippen molar-refractivity contribution in [2.75, 3.05) is 25.0 Å². The number of nitrogens with one attached hydrogen (secondary N) is 2. The number of hydrogen-bond acceptors (Lipinski definition) is 5. The highest BCUT2D eigenvalue weighted by atomic mass is 79.9. The Kier molecular flexibility index (Phi) is 6.79. The topological polar surface area (TPSA) is 91.4 Å². The first-order valence-electron chi connectivity index (χ1n) is 8.97. The third-order valence-electron chi connectivity index (χ3n) is 4.55. The van der Waals surface area contributed by atoms with Crippen LogP contribution in [0.2, 0.25) is 0 Å². The Balaban J connectivity index is 1.43. The molecule has 2 heterocycles. The molecule has 28 heavy (non-hydrogen) atoms. The van der Waals surface area contributed by atoms with E-state index in [1.165, 1.54) is 11.3 Å². The number of likely N-dealkylation sites (tertiary alicyclic amines) is 1. The van der Waals surface area contributed by atoms with Crippen molar-refractivity contribution in [3.8, 4) is 0 Å². The summed E-state index contributed by atoms with van der Waals surface area (Å²) < 4.78 is 0.805. The normalized spacial score (nSPS) is 14.6. The number of carbonyl (C=O) groups excluding carboxylic acids is 3. The number of nitrogens with zero attached hydrogens (tertiary/aromatic N) is 2. The molecule has 9 heteroatoms. The number of thiazole rings is 1. The molecule has 0 unspecified atom stereocenters. The average Bonchev–Trinajstić information content (AvgIpc) is 3.10. The number of aryl methyl sites for hydroxylation is 1. The van der Waals surface area contributed by atoms with Crippen LogP contribution in [0.25, 0.3) is 0 Å². The summed E-state index contributed by atoms with van der Waals surface area (Å²) >= 11 is 4.73. The van der Waals surface area contributed by atoms with E-state index in [1.54, 1.807) is 23.1 Å². The van der Waals surface area contributed by atoms with Gasteiger partial charge in [0.25, 0.3) is 5.91 Å². The molecule has 1 aliphatic rings. The van der Waals surface area contributed by atoms with Gasteiger partial charge in [-0.25, -0.2) is 4.98 Å². The van der Waals surface area contributed by atoms with Gasteiger partial charge in [0.1, 0.15) is 0 Å². The number of benzene rings is 1. The van der Waals surface area contributed by atoms with Gasteiger partial charge in [-0.05, 0) is 38.0 Å². The summed E-state index contributed by atoms with van der Waals surface area (Å²) in [6, 6.07) is 6.99. The minimum atomic E-state index is -0.289. The van der Waals surface area contributed by atoms with Gasteiger partial charge in [-0.1, -0.05) is 22.0 Å². The Morgan fingerprint density at radius 3 is 2.68 bits per heavy atom. The Bertz CT molecular complexity index is 878. The van der Waals surface area contributed by atoms with Crippen LogP contribution >= 0.6 is 27.3 Å². The fourth-order valence-electron chi connectivity index (χ4n) is 3.01. The molecule has 7 nitrogen and oxygen atoms in total. The predicted molar refractivity (Wildman–Crippen MR) is 111 cm³/mol. The Hall–Kier alpha value is -2.26. The molecule has 1 saturated heterocycles. The molecule has 0 radical (unpaired) electrons. The summed E-state index contributed by atoms with van der Waals surface area (Å²) in [5.41, 5.74) is 1.38. The SMILES string of the molecule is Cc1csc(NC(=O)C2CCN(C(=O)CNC(=O)c3cccc(Br)c3)CC2)n1. The maximum Gasteiger partial charge on any atom is 0.251 e. The van der Waals surface area contributed by atoms with E-state index in [-0.39, 0.29) is 30.2 Å². The van der Waals surface area contributed by atoms with Gasteiger partial charge in [0, 0.05) is 34.4 Å². The zero-order chi connectivity index (χ0) is 20.1. The third kappa shape index (κ3) is 5.39. The first-order chi connectivity index (χ1) is 13.4. The molecule has 1 aromatic carbocycles. The lowest BCUT2D eigenvalue weighted by molar-refractivity contribution is -0.133. The quantitative estimate of drug-likeness (QED) is 0.711. The van der Waals surface area contributed by atoms with Gasteiger partial charge < -0.3 is 15.5 Å². The van der Waals surface area contributed by atoms with Crippen molar-refractivity contribution < 1.29 is 14.4 Å². The van der Waals surface area contributed by atoms with Gasteiger partial charge in [0.2, 0.25) is 11.8 Å². The number of piperidine rings is 1. The number of rotatable bonds is 5. The van der Waals surface area contributed by atoms with Crippen molar-refractivity contribution in [1.82, 2.24) is 15.2 Å². The van der Waals surface area contributed by atoms with Crippen LogP contribution < -0.4 is 10.6 Å². The van der Waals surface area contributed by atoms with Gasteiger partial charge in [-0.2, -0.15) is 0 Å². The lowest BCUT2D eigenvalue weighted by Gasteiger charge is -2.31. The van der Waals surface area contributed by atoms with Crippen molar-refractivity contribution in [1.29, 1.82) is 0 Å². The monoisotopic (exact) mass is 464 g/mol. The third-order valence-corrected chi connectivity index (χ3v) is 5.92. The summed E-state index contributed by atoms with van der Waals surface area (Å²) in [4.78, 5) is 42.8. The number of halogens is 1. The second-order valence-corrected chi connectivity index (χ2v) is 8.41. The summed E-state index contributed by atoms with van der Waals surface area (Å²) in [6.45, 7) is 2.83. The Morgan fingerprint density at radius 2 is 2.04 bits per heavy atom. The van der Waals surface area contributed by atoms with E-state index >= 15 is 0 Å². The zero-order valence-electron chi connectivity index (χ0n) is 15.4. The number of anilines is 1. The molecule has 1 fully saturated rings. The average molecular weight is 465 g/mol. The first kappa shape index (κ1) is 20.5. The Morgan fingerprint density at radius 1 is 1.29 bits per heavy atom. The number of amides is 3. The predicted octanol–water partition coefficient (Wildman–Crippen LogP) is 2.82. The van der Waals surface area contributed by atoms with E-state index in [4.69, 9.17) is 0 Å². The van der Waals surface area contributed by atoms with Crippen molar-refractivity contribution in [2.45, 2.75) is 19.8 Å². The van der Waals surface area contributed by atoms with E-state index in [0.717, 1.165) is 10.2 Å². The number of hydrogen-bond donors (Lipinski definition) is 2. The van der Waals surface area contributed by atoms with Crippen molar-refractivity contribution in [2.24, 2.45) is 5.92 Å². The maximum atomic E-state index is 12.4. The fourth-order valence-corrected chi connectivity index (χ4v) is 4.10. The summed E-state index contributed by atoms with van der Waals surface area (Å²) in [5.74, 6) is -0.616. The molecule has 148 valence electrons. The van der Waals surface area contributed by atoms with Gasteiger partial charge in [-0.15, -0.1) is 11.3 Å². The van der Waals surface area contributed by atoms with Crippen LogP contribution in [-0.4, -0.2) is 47.2 Å². The molecule has 0 aliphatic carbocycles. The van der Waals surface area contributed by atoms with Crippen molar-refractivity contribution in [3.05, 3.63) is 45.4 Å². The van der Waals surface area contributed by atoms with Crippen LogP contribution in [0, 0.1) is 12.8 Å². The lowest BCUT2D eigenvalue weighted by atomic mass is 9.96. The fraction of sp³-hybridized carbons (Fsp3) is 0.368. The molecular formula is C19H21BrN4O3S.